The lowest BCUT2D eigenvalue weighted by molar-refractivity contribution is 0.365. The van der Waals surface area contributed by atoms with Gasteiger partial charge in [0.1, 0.15) is 17.4 Å². The molecular weight excluding hydrogens is 342 g/mol. The molecule has 4 aromatic rings. The van der Waals surface area contributed by atoms with Crippen molar-refractivity contribution in [2.45, 2.75) is 0 Å². The molecule has 0 bridgehead atoms. The van der Waals surface area contributed by atoms with Crippen molar-refractivity contribution in [3.05, 3.63) is 77.3 Å². The van der Waals surface area contributed by atoms with Crippen molar-refractivity contribution < 1.29 is 4.74 Å². The van der Waals surface area contributed by atoms with Crippen LogP contribution in [-0.2, 0) is 0 Å². The van der Waals surface area contributed by atoms with E-state index in [1.54, 1.807) is 0 Å². The Hall–Kier alpha value is -3.18. The van der Waals surface area contributed by atoms with Crippen molar-refractivity contribution >= 4 is 44.6 Å². The highest BCUT2D eigenvalue weighted by atomic mass is 32.1. The van der Waals surface area contributed by atoms with Crippen molar-refractivity contribution in [1.82, 2.24) is 10.2 Å². The van der Waals surface area contributed by atoms with E-state index < -0.39 is 0 Å². The highest BCUT2D eigenvalue weighted by Crippen LogP contribution is 2.34. The summed E-state index contributed by atoms with van der Waals surface area (Å²) >= 11 is 1.54. The second-order valence-electron chi connectivity index (χ2n) is 6.06. The summed E-state index contributed by atoms with van der Waals surface area (Å²) in [6.07, 6.45) is 2.13. The van der Waals surface area contributed by atoms with Crippen molar-refractivity contribution in [3.8, 4) is 5.75 Å². The van der Waals surface area contributed by atoms with Gasteiger partial charge in [0, 0.05) is 22.2 Å². The third-order valence-corrected chi connectivity index (χ3v) is 5.28. The molecule has 126 valence electrons. The van der Waals surface area contributed by atoms with Crippen LogP contribution in [0.1, 0.15) is 10.6 Å². The van der Waals surface area contributed by atoms with Crippen molar-refractivity contribution in [3.63, 3.8) is 0 Å². The number of aromatic nitrogens is 2. The lowest BCUT2D eigenvalue weighted by Gasteiger charge is -2.15. The fourth-order valence-electron chi connectivity index (χ4n) is 3.09. The average Bonchev–Trinajstić information content (AvgIpc) is 3.16. The molecule has 1 aliphatic rings. The summed E-state index contributed by atoms with van der Waals surface area (Å²) < 4.78 is 5.83. The van der Waals surface area contributed by atoms with Gasteiger partial charge in [-0.15, -0.1) is 10.2 Å². The Morgan fingerprint density at radius 2 is 1.73 bits per heavy atom. The zero-order chi connectivity index (χ0) is 17.3. The van der Waals surface area contributed by atoms with Gasteiger partial charge in [0.2, 0.25) is 5.13 Å². The van der Waals surface area contributed by atoms with Crippen LogP contribution in [0.4, 0.5) is 10.8 Å². The predicted octanol–water partition coefficient (Wildman–Crippen LogP) is 5.37. The van der Waals surface area contributed by atoms with E-state index in [0.29, 0.717) is 6.61 Å². The first-order valence-corrected chi connectivity index (χ1v) is 9.19. The van der Waals surface area contributed by atoms with Crippen LogP contribution in [0.25, 0.3) is 22.4 Å². The van der Waals surface area contributed by atoms with Crippen LogP contribution in [0.3, 0.4) is 0 Å². The molecule has 2 heterocycles. The largest absolute Gasteiger partial charge is 0.488 e. The zero-order valence-electron chi connectivity index (χ0n) is 13.8. The number of rotatable bonds is 3. The maximum Gasteiger partial charge on any atom is 0.210 e. The van der Waals surface area contributed by atoms with Gasteiger partial charge < -0.3 is 10.1 Å². The SMILES string of the molecule is C1=C(c2nnc(Nc3cccc4ccccc34)s2)COc2ccccc21. The molecule has 0 spiro atoms. The average molecular weight is 357 g/mol. The number of nitrogens with one attached hydrogen (secondary N) is 1. The normalized spacial score (nSPS) is 13.0. The number of para-hydroxylation sites is 1. The van der Waals surface area contributed by atoms with Gasteiger partial charge >= 0.3 is 0 Å². The van der Waals surface area contributed by atoms with Crippen LogP contribution < -0.4 is 10.1 Å². The van der Waals surface area contributed by atoms with Gasteiger partial charge in [-0.1, -0.05) is 65.9 Å². The van der Waals surface area contributed by atoms with Gasteiger partial charge in [-0.25, -0.2) is 0 Å². The molecule has 5 rings (SSSR count). The fourth-order valence-corrected chi connectivity index (χ4v) is 3.85. The zero-order valence-corrected chi connectivity index (χ0v) is 14.7. The number of ether oxygens (including phenoxy) is 1. The van der Waals surface area contributed by atoms with E-state index in [-0.39, 0.29) is 0 Å². The first kappa shape index (κ1) is 15.1. The first-order chi connectivity index (χ1) is 12.9. The molecular formula is C21H15N3OS. The molecule has 5 heteroatoms. The minimum absolute atomic E-state index is 0.514. The minimum atomic E-state index is 0.514. The van der Waals surface area contributed by atoms with Gasteiger partial charge in [0.05, 0.1) is 0 Å². The third-order valence-electron chi connectivity index (χ3n) is 4.36. The molecule has 1 N–H and O–H groups in total. The molecule has 0 saturated carbocycles. The molecule has 0 saturated heterocycles. The second kappa shape index (κ2) is 6.28. The Labute approximate surface area is 154 Å². The quantitative estimate of drug-likeness (QED) is 0.536. The van der Waals surface area contributed by atoms with Crippen LogP contribution in [0.15, 0.2) is 66.7 Å². The third kappa shape index (κ3) is 2.72. The van der Waals surface area contributed by atoms with Gasteiger partial charge in [-0.05, 0) is 23.6 Å². The Bertz CT molecular complexity index is 1130. The lowest BCUT2D eigenvalue weighted by atomic mass is 10.1. The van der Waals surface area contributed by atoms with Crippen molar-refractivity contribution in [2.75, 3.05) is 11.9 Å². The molecule has 26 heavy (non-hydrogen) atoms. The van der Waals surface area contributed by atoms with Gasteiger partial charge in [0.15, 0.2) is 0 Å². The molecule has 0 unspecified atom stereocenters. The van der Waals surface area contributed by atoms with Gasteiger partial charge in [-0.2, -0.15) is 0 Å². The Morgan fingerprint density at radius 1 is 0.885 bits per heavy atom. The van der Waals surface area contributed by atoms with E-state index in [4.69, 9.17) is 4.74 Å². The smallest absolute Gasteiger partial charge is 0.210 e. The Balaban J connectivity index is 1.45. The van der Waals surface area contributed by atoms with E-state index in [9.17, 15) is 0 Å². The molecule has 0 fully saturated rings. The summed E-state index contributed by atoms with van der Waals surface area (Å²) in [4.78, 5) is 0. The fraction of sp³-hybridized carbons (Fsp3) is 0.0476. The van der Waals surface area contributed by atoms with E-state index >= 15 is 0 Å². The summed E-state index contributed by atoms with van der Waals surface area (Å²) in [5, 5.41) is 16.1. The minimum Gasteiger partial charge on any atom is -0.488 e. The molecule has 0 radical (unpaired) electrons. The summed E-state index contributed by atoms with van der Waals surface area (Å²) in [6.45, 7) is 0.514. The van der Waals surface area contributed by atoms with E-state index in [1.807, 2.05) is 42.5 Å². The standard InChI is InChI=1S/C21H15N3OS/c1-3-9-17-14(6-1)8-5-10-18(17)22-21-24-23-20(26-21)16-12-15-7-2-4-11-19(15)25-13-16/h1-12H,13H2,(H,22,24). The number of fused-ring (bicyclic) bond motifs is 2. The number of hydrogen-bond donors (Lipinski definition) is 1. The van der Waals surface area contributed by atoms with E-state index in [1.165, 1.54) is 22.1 Å². The maximum absolute atomic E-state index is 5.83. The van der Waals surface area contributed by atoms with Crippen molar-refractivity contribution in [1.29, 1.82) is 0 Å². The van der Waals surface area contributed by atoms with Gasteiger partial charge in [-0.3, -0.25) is 0 Å². The lowest BCUT2D eigenvalue weighted by Crippen LogP contribution is -2.06. The summed E-state index contributed by atoms with van der Waals surface area (Å²) in [6, 6.07) is 22.5. The molecule has 4 nitrogen and oxygen atoms in total. The monoisotopic (exact) mass is 357 g/mol. The van der Waals surface area contributed by atoms with Crippen LogP contribution in [0, 0.1) is 0 Å². The van der Waals surface area contributed by atoms with E-state index in [2.05, 4.69) is 45.9 Å². The molecule has 1 aromatic heterocycles. The van der Waals surface area contributed by atoms with Gasteiger partial charge in [0.25, 0.3) is 0 Å². The number of hydrogen-bond acceptors (Lipinski definition) is 5. The highest BCUT2D eigenvalue weighted by molar-refractivity contribution is 7.16. The van der Waals surface area contributed by atoms with Crippen molar-refractivity contribution in [2.24, 2.45) is 0 Å². The number of anilines is 2. The molecule has 3 aromatic carbocycles. The second-order valence-corrected chi connectivity index (χ2v) is 7.04. The van der Waals surface area contributed by atoms with Crippen LogP contribution in [0.5, 0.6) is 5.75 Å². The van der Waals surface area contributed by atoms with Crippen LogP contribution in [-0.4, -0.2) is 16.8 Å². The number of nitrogens with zero attached hydrogens (tertiary/aromatic N) is 2. The van der Waals surface area contributed by atoms with E-state index in [0.717, 1.165) is 32.7 Å². The molecule has 0 aliphatic carbocycles. The summed E-state index contributed by atoms with van der Waals surface area (Å²) in [5.74, 6) is 0.912. The highest BCUT2D eigenvalue weighted by Gasteiger charge is 2.16. The molecule has 0 amide bonds. The Morgan fingerprint density at radius 3 is 2.73 bits per heavy atom. The Kier molecular flexibility index (Phi) is 3.65. The topological polar surface area (TPSA) is 47.0 Å². The first-order valence-electron chi connectivity index (χ1n) is 8.38. The summed E-state index contributed by atoms with van der Waals surface area (Å²) in [7, 11) is 0. The summed E-state index contributed by atoms with van der Waals surface area (Å²) in [5.41, 5.74) is 3.16. The predicted molar refractivity (Wildman–Crippen MR) is 107 cm³/mol. The number of benzene rings is 3. The molecule has 0 atom stereocenters. The van der Waals surface area contributed by atoms with Crippen LogP contribution in [0.2, 0.25) is 0 Å². The maximum atomic E-state index is 5.83. The molecule has 1 aliphatic heterocycles. The van der Waals surface area contributed by atoms with Crippen LogP contribution >= 0.6 is 11.3 Å².